The lowest BCUT2D eigenvalue weighted by Gasteiger charge is -2.33. The molecule has 1 atom stereocenters. The van der Waals surface area contributed by atoms with E-state index < -0.39 is 6.10 Å². The minimum Gasteiger partial charge on any atom is -0.481 e. The standard InChI is InChI=1S/C20H23BrN2O2/c1-16(25-19-9-7-18(21)8-10-19)20(24)23-13-11-22(12-14-23)15-17-5-3-2-4-6-17/h2-10,16H,11-15H2,1H3/p+1/t16-/m1/s1. The Morgan fingerprint density at radius 1 is 1.12 bits per heavy atom. The highest BCUT2D eigenvalue weighted by Crippen LogP contribution is 2.17. The Bertz CT molecular complexity index is 683. The molecule has 0 aliphatic carbocycles. The topological polar surface area (TPSA) is 34.0 Å². The lowest BCUT2D eigenvalue weighted by Crippen LogP contribution is -3.13. The Morgan fingerprint density at radius 3 is 2.40 bits per heavy atom. The number of hydrogen-bond acceptors (Lipinski definition) is 2. The highest BCUT2D eigenvalue weighted by molar-refractivity contribution is 9.10. The second-order valence-corrected chi connectivity index (χ2v) is 7.37. The summed E-state index contributed by atoms with van der Waals surface area (Å²) in [5.41, 5.74) is 1.35. The summed E-state index contributed by atoms with van der Waals surface area (Å²) in [4.78, 5) is 16.1. The molecule has 2 aromatic rings. The highest BCUT2D eigenvalue weighted by Gasteiger charge is 2.27. The Kier molecular flexibility index (Phi) is 6.10. The molecule has 1 amide bonds. The van der Waals surface area contributed by atoms with E-state index >= 15 is 0 Å². The summed E-state index contributed by atoms with van der Waals surface area (Å²) in [7, 11) is 0. The van der Waals surface area contributed by atoms with Gasteiger partial charge in [0.05, 0.1) is 26.2 Å². The van der Waals surface area contributed by atoms with Gasteiger partial charge < -0.3 is 14.5 Å². The van der Waals surface area contributed by atoms with Crippen molar-refractivity contribution in [3.05, 3.63) is 64.6 Å². The molecule has 1 saturated heterocycles. The van der Waals surface area contributed by atoms with Gasteiger partial charge in [0, 0.05) is 10.0 Å². The fraction of sp³-hybridized carbons (Fsp3) is 0.350. The Balaban J connectivity index is 1.48. The molecule has 0 unspecified atom stereocenters. The van der Waals surface area contributed by atoms with Crippen LogP contribution >= 0.6 is 15.9 Å². The molecular weight excluding hydrogens is 380 g/mol. The van der Waals surface area contributed by atoms with Crippen LogP contribution in [0.3, 0.4) is 0 Å². The van der Waals surface area contributed by atoms with Gasteiger partial charge in [-0.2, -0.15) is 0 Å². The van der Waals surface area contributed by atoms with Crippen molar-refractivity contribution in [3.8, 4) is 5.75 Å². The number of halogens is 1. The van der Waals surface area contributed by atoms with Crippen LogP contribution in [0.5, 0.6) is 5.75 Å². The zero-order valence-electron chi connectivity index (χ0n) is 14.5. The van der Waals surface area contributed by atoms with Gasteiger partial charge in [-0.3, -0.25) is 4.79 Å². The van der Waals surface area contributed by atoms with Crippen LogP contribution in [-0.4, -0.2) is 43.1 Å². The number of benzene rings is 2. The molecule has 1 heterocycles. The van der Waals surface area contributed by atoms with Crippen molar-refractivity contribution in [2.24, 2.45) is 0 Å². The average molecular weight is 404 g/mol. The number of carbonyl (C=O) groups excluding carboxylic acids is 1. The smallest absolute Gasteiger partial charge is 0.263 e. The molecule has 2 aromatic carbocycles. The second-order valence-electron chi connectivity index (χ2n) is 6.45. The maximum Gasteiger partial charge on any atom is 0.263 e. The van der Waals surface area contributed by atoms with Crippen molar-refractivity contribution >= 4 is 21.8 Å². The van der Waals surface area contributed by atoms with E-state index in [0.29, 0.717) is 0 Å². The number of nitrogens with zero attached hydrogens (tertiary/aromatic N) is 1. The Morgan fingerprint density at radius 2 is 1.76 bits per heavy atom. The Hall–Kier alpha value is -1.85. The van der Waals surface area contributed by atoms with Crippen molar-refractivity contribution in [1.29, 1.82) is 0 Å². The zero-order valence-corrected chi connectivity index (χ0v) is 16.0. The van der Waals surface area contributed by atoms with Crippen LogP contribution in [0.2, 0.25) is 0 Å². The van der Waals surface area contributed by atoms with E-state index in [1.807, 2.05) is 42.2 Å². The fourth-order valence-corrected chi connectivity index (χ4v) is 3.39. The van der Waals surface area contributed by atoms with Crippen molar-refractivity contribution in [2.45, 2.75) is 19.6 Å². The second kappa shape index (κ2) is 8.50. The van der Waals surface area contributed by atoms with Crippen molar-refractivity contribution in [2.75, 3.05) is 26.2 Å². The van der Waals surface area contributed by atoms with Crippen molar-refractivity contribution in [3.63, 3.8) is 0 Å². The van der Waals surface area contributed by atoms with Crippen LogP contribution in [0, 0.1) is 0 Å². The minimum absolute atomic E-state index is 0.0710. The van der Waals surface area contributed by atoms with E-state index in [4.69, 9.17) is 4.74 Å². The predicted molar refractivity (Wildman–Crippen MR) is 102 cm³/mol. The summed E-state index contributed by atoms with van der Waals surface area (Å²) in [6.07, 6.45) is -0.461. The maximum absolute atomic E-state index is 12.6. The molecule has 25 heavy (non-hydrogen) atoms. The van der Waals surface area contributed by atoms with E-state index in [1.54, 1.807) is 0 Å². The first-order chi connectivity index (χ1) is 12.1. The van der Waals surface area contributed by atoms with Crippen molar-refractivity contribution in [1.82, 2.24) is 4.90 Å². The molecule has 1 fully saturated rings. The third kappa shape index (κ3) is 5.06. The van der Waals surface area contributed by atoms with E-state index in [2.05, 4.69) is 40.2 Å². The quantitative estimate of drug-likeness (QED) is 0.829. The molecule has 3 rings (SSSR count). The molecule has 0 aromatic heterocycles. The fourth-order valence-electron chi connectivity index (χ4n) is 3.13. The van der Waals surface area contributed by atoms with Gasteiger partial charge in [0.25, 0.3) is 5.91 Å². The Labute approximate surface area is 157 Å². The number of piperazine rings is 1. The number of hydrogen-bond donors (Lipinski definition) is 1. The van der Waals surface area contributed by atoms with Gasteiger partial charge in [0.1, 0.15) is 12.3 Å². The number of carbonyl (C=O) groups is 1. The molecule has 1 aliphatic heterocycles. The first-order valence-corrected chi connectivity index (χ1v) is 9.49. The lowest BCUT2D eigenvalue weighted by atomic mass is 10.2. The molecule has 5 heteroatoms. The van der Waals surface area contributed by atoms with E-state index in [1.165, 1.54) is 10.5 Å². The van der Waals surface area contributed by atoms with Gasteiger partial charge in [0.2, 0.25) is 0 Å². The van der Waals surface area contributed by atoms with Gasteiger partial charge in [-0.1, -0.05) is 46.3 Å². The number of ether oxygens (including phenoxy) is 1. The number of rotatable bonds is 5. The largest absolute Gasteiger partial charge is 0.481 e. The monoisotopic (exact) mass is 403 g/mol. The zero-order chi connectivity index (χ0) is 17.6. The van der Waals surface area contributed by atoms with Crippen LogP contribution in [0.4, 0.5) is 0 Å². The third-order valence-corrected chi connectivity index (χ3v) is 5.08. The molecule has 1 aliphatic rings. The normalized spacial score (nSPS) is 16.5. The van der Waals surface area contributed by atoms with Crippen LogP contribution in [0.1, 0.15) is 12.5 Å². The van der Waals surface area contributed by atoms with E-state index in [9.17, 15) is 4.79 Å². The summed E-state index contributed by atoms with van der Waals surface area (Å²) in [6, 6.07) is 18.1. The third-order valence-electron chi connectivity index (χ3n) is 4.55. The predicted octanol–water partition coefficient (Wildman–Crippen LogP) is 2.14. The summed E-state index contributed by atoms with van der Waals surface area (Å²) in [6.45, 7) is 6.38. The van der Waals surface area contributed by atoms with Crippen molar-refractivity contribution < 1.29 is 14.4 Å². The number of quaternary nitrogens is 1. The average Bonchev–Trinajstić information content (AvgIpc) is 2.64. The molecule has 0 saturated carbocycles. The van der Waals surface area contributed by atoms with Crippen LogP contribution in [-0.2, 0) is 11.3 Å². The first kappa shape index (κ1) is 18.0. The minimum atomic E-state index is -0.461. The molecule has 4 nitrogen and oxygen atoms in total. The van der Waals surface area contributed by atoms with E-state index in [-0.39, 0.29) is 5.91 Å². The number of nitrogens with one attached hydrogen (secondary N) is 1. The highest BCUT2D eigenvalue weighted by atomic mass is 79.9. The SMILES string of the molecule is C[C@@H](Oc1ccc(Br)cc1)C(=O)N1CC[NH+](Cc2ccccc2)CC1. The summed E-state index contributed by atoms with van der Waals surface area (Å²) in [5.74, 6) is 0.791. The molecule has 0 bridgehead atoms. The summed E-state index contributed by atoms with van der Waals surface area (Å²) < 4.78 is 6.78. The van der Waals surface area contributed by atoms with Gasteiger partial charge in [-0.25, -0.2) is 0 Å². The van der Waals surface area contributed by atoms with Gasteiger partial charge >= 0.3 is 0 Å². The van der Waals surface area contributed by atoms with E-state index in [0.717, 1.165) is 42.9 Å². The molecule has 0 spiro atoms. The summed E-state index contributed by atoms with van der Waals surface area (Å²) in [5, 5.41) is 0. The molecular formula is C20H24BrN2O2+. The summed E-state index contributed by atoms with van der Waals surface area (Å²) >= 11 is 3.40. The maximum atomic E-state index is 12.6. The van der Waals surface area contributed by atoms with Crippen LogP contribution < -0.4 is 9.64 Å². The van der Waals surface area contributed by atoms with Gasteiger partial charge in [-0.05, 0) is 31.2 Å². The van der Waals surface area contributed by atoms with Crippen LogP contribution in [0.15, 0.2) is 59.1 Å². The number of amides is 1. The first-order valence-electron chi connectivity index (χ1n) is 8.70. The van der Waals surface area contributed by atoms with Gasteiger partial charge in [-0.15, -0.1) is 0 Å². The van der Waals surface area contributed by atoms with Crippen LogP contribution in [0.25, 0.3) is 0 Å². The van der Waals surface area contributed by atoms with Gasteiger partial charge in [0.15, 0.2) is 6.10 Å². The molecule has 132 valence electrons. The lowest BCUT2D eigenvalue weighted by molar-refractivity contribution is -0.917. The molecule has 1 N–H and O–H groups in total. The molecule has 0 radical (unpaired) electrons.